The van der Waals surface area contributed by atoms with Gasteiger partial charge in [0.15, 0.2) is 0 Å². The topological polar surface area (TPSA) is 9.23 Å². The molecule has 1 nitrogen and oxygen atoms in total. The molecule has 0 saturated heterocycles. The highest BCUT2D eigenvalue weighted by molar-refractivity contribution is 9.09. The Kier molecular flexibility index (Phi) is 9.71. The van der Waals surface area contributed by atoms with Crippen molar-refractivity contribution in [1.29, 1.82) is 0 Å². The zero-order chi connectivity index (χ0) is 11.0. The fourth-order valence-corrected chi connectivity index (χ4v) is 2.04. The SMILES string of the molecule is ClCC(CCl)(CCl)COCC(Cl)CBr. The summed E-state index contributed by atoms with van der Waals surface area (Å²) in [6.07, 6.45) is 0. The van der Waals surface area contributed by atoms with Gasteiger partial charge in [0.05, 0.1) is 18.6 Å². The molecule has 0 aliphatic heterocycles. The van der Waals surface area contributed by atoms with E-state index >= 15 is 0 Å². The Labute approximate surface area is 113 Å². The summed E-state index contributed by atoms with van der Waals surface area (Å²) in [5, 5.41) is 0.665. The van der Waals surface area contributed by atoms with Gasteiger partial charge in [-0.05, 0) is 0 Å². The molecule has 0 aromatic heterocycles. The van der Waals surface area contributed by atoms with Crippen molar-refractivity contribution in [3.05, 3.63) is 0 Å². The van der Waals surface area contributed by atoms with Gasteiger partial charge >= 0.3 is 0 Å². The predicted molar refractivity (Wildman–Crippen MR) is 68.8 cm³/mol. The summed E-state index contributed by atoms with van der Waals surface area (Å²) in [4.78, 5) is 0. The average Bonchev–Trinajstić information content (AvgIpc) is 2.25. The molecule has 1 unspecified atom stereocenters. The van der Waals surface area contributed by atoms with E-state index in [1.54, 1.807) is 0 Å². The minimum Gasteiger partial charge on any atom is -0.379 e. The second-order valence-corrected chi connectivity index (χ2v) is 5.23. The summed E-state index contributed by atoms with van der Waals surface area (Å²) in [5.41, 5.74) is -0.340. The van der Waals surface area contributed by atoms with E-state index in [9.17, 15) is 0 Å². The smallest absolute Gasteiger partial charge is 0.0666 e. The number of ether oxygens (including phenoxy) is 1. The molecule has 0 aromatic rings. The van der Waals surface area contributed by atoms with Gasteiger partial charge in [-0.25, -0.2) is 0 Å². The highest BCUT2D eigenvalue weighted by atomic mass is 79.9. The molecule has 86 valence electrons. The first-order chi connectivity index (χ1) is 6.64. The lowest BCUT2D eigenvalue weighted by Gasteiger charge is -2.26. The summed E-state index contributed by atoms with van der Waals surface area (Å²) in [7, 11) is 0. The van der Waals surface area contributed by atoms with Crippen molar-refractivity contribution in [3.63, 3.8) is 0 Å². The first-order valence-electron chi connectivity index (χ1n) is 4.10. The Hall–Kier alpha value is 1.60. The van der Waals surface area contributed by atoms with Crippen LogP contribution >= 0.6 is 62.3 Å². The van der Waals surface area contributed by atoms with Crippen LogP contribution in [0.4, 0.5) is 0 Å². The Morgan fingerprint density at radius 1 is 1.14 bits per heavy atom. The van der Waals surface area contributed by atoms with Gasteiger partial charge in [-0.15, -0.1) is 46.4 Å². The maximum atomic E-state index is 5.85. The van der Waals surface area contributed by atoms with Gasteiger partial charge in [0.1, 0.15) is 0 Å². The van der Waals surface area contributed by atoms with Crippen molar-refractivity contribution in [2.24, 2.45) is 5.41 Å². The Balaban J connectivity index is 3.82. The Morgan fingerprint density at radius 2 is 1.64 bits per heavy atom. The molecule has 0 saturated carbocycles. The average molecular weight is 347 g/mol. The normalized spacial score (nSPS) is 14.4. The van der Waals surface area contributed by atoms with Crippen LogP contribution in [-0.2, 0) is 4.74 Å². The van der Waals surface area contributed by atoms with Gasteiger partial charge in [0.25, 0.3) is 0 Å². The third kappa shape index (κ3) is 5.62. The maximum Gasteiger partial charge on any atom is 0.0666 e. The monoisotopic (exact) mass is 344 g/mol. The van der Waals surface area contributed by atoms with Crippen molar-refractivity contribution in [1.82, 2.24) is 0 Å². The van der Waals surface area contributed by atoms with Crippen LogP contribution in [0.2, 0.25) is 0 Å². The van der Waals surface area contributed by atoms with Crippen LogP contribution in [0.3, 0.4) is 0 Å². The molecular formula is C8H13BrCl4O. The van der Waals surface area contributed by atoms with Crippen LogP contribution in [0.1, 0.15) is 0 Å². The number of hydrogen-bond donors (Lipinski definition) is 0. The minimum atomic E-state index is -0.340. The van der Waals surface area contributed by atoms with Crippen LogP contribution in [0.5, 0.6) is 0 Å². The van der Waals surface area contributed by atoms with E-state index in [0.29, 0.717) is 36.2 Å². The van der Waals surface area contributed by atoms with E-state index in [4.69, 9.17) is 51.1 Å². The lowest BCUT2D eigenvalue weighted by atomic mass is 9.97. The molecule has 0 heterocycles. The number of halogens is 5. The van der Waals surface area contributed by atoms with E-state index in [1.165, 1.54) is 0 Å². The van der Waals surface area contributed by atoms with Gasteiger partial charge in [0.2, 0.25) is 0 Å². The largest absolute Gasteiger partial charge is 0.379 e. The summed E-state index contributed by atoms with van der Waals surface area (Å²) < 4.78 is 5.41. The molecule has 0 amide bonds. The molecule has 0 aliphatic carbocycles. The fourth-order valence-electron chi connectivity index (χ4n) is 0.671. The quantitative estimate of drug-likeness (QED) is 0.609. The van der Waals surface area contributed by atoms with Crippen LogP contribution in [0.25, 0.3) is 0 Å². The van der Waals surface area contributed by atoms with E-state index in [-0.39, 0.29) is 10.8 Å². The molecule has 0 rings (SSSR count). The molecule has 6 heteroatoms. The van der Waals surface area contributed by atoms with Crippen LogP contribution in [0.15, 0.2) is 0 Å². The van der Waals surface area contributed by atoms with E-state index in [2.05, 4.69) is 15.9 Å². The van der Waals surface area contributed by atoms with Crippen molar-refractivity contribution in [2.75, 3.05) is 36.2 Å². The number of rotatable bonds is 8. The molecule has 0 aliphatic rings. The predicted octanol–water partition coefficient (Wildman–Crippen LogP) is 3.71. The lowest BCUT2D eigenvalue weighted by molar-refractivity contribution is 0.0783. The lowest BCUT2D eigenvalue weighted by Crippen LogP contribution is -2.34. The van der Waals surface area contributed by atoms with Crippen molar-refractivity contribution >= 4 is 62.3 Å². The van der Waals surface area contributed by atoms with E-state index < -0.39 is 0 Å². The summed E-state index contributed by atoms with van der Waals surface area (Å²) in [6, 6.07) is 0. The third-order valence-corrected chi connectivity index (χ3v) is 4.86. The maximum absolute atomic E-state index is 5.85. The summed E-state index contributed by atoms with van der Waals surface area (Å²) in [6.45, 7) is 0.916. The highest BCUT2D eigenvalue weighted by Crippen LogP contribution is 2.24. The molecular weight excluding hydrogens is 334 g/mol. The zero-order valence-corrected chi connectivity index (χ0v) is 12.2. The number of alkyl halides is 5. The van der Waals surface area contributed by atoms with Crippen LogP contribution in [-0.4, -0.2) is 41.6 Å². The van der Waals surface area contributed by atoms with Gasteiger partial charge in [0, 0.05) is 28.4 Å². The zero-order valence-electron chi connectivity index (χ0n) is 7.62. The summed E-state index contributed by atoms with van der Waals surface area (Å²) in [5.74, 6) is 1.17. The van der Waals surface area contributed by atoms with Crippen LogP contribution < -0.4 is 0 Å². The summed E-state index contributed by atoms with van der Waals surface area (Å²) >= 11 is 26.5. The molecule has 0 radical (unpaired) electrons. The Morgan fingerprint density at radius 3 is 2.00 bits per heavy atom. The molecule has 1 atom stereocenters. The molecule has 0 aromatic carbocycles. The molecule has 0 spiro atoms. The van der Waals surface area contributed by atoms with Crippen molar-refractivity contribution in [2.45, 2.75) is 5.38 Å². The first-order valence-corrected chi connectivity index (χ1v) is 7.26. The highest BCUT2D eigenvalue weighted by Gasteiger charge is 2.28. The van der Waals surface area contributed by atoms with Gasteiger partial charge in [-0.2, -0.15) is 0 Å². The van der Waals surface area contributed by atoms with Gasteiger partial charge in [-0.3, -0.25) is 0 Å². The fraction of sp³-hybridized carbons (Fsp3) is 1.00. The second kappa shape index (κ2) is 8.72. The van der Waals surface area contributed by atoms with E-state index in [1.807, 2.05) is 0 Å². The van der Waals surface area contributed by atoms with Crippen LogP contribution in [0, 0.1) is 5.41 Å². The van der Waals surface area contributed by atoms with Crippen molar-refractivity contribution < 1.29 is 4.74 Å². The molecule has 0 bridgehead atoms. The second-order valence-electron chi connectivity index (χ2n) is 3.17. The number of hydrogen-bond acceptors (Lipinski definition) is 1. The van der Waals surface area contributed by atoms with Gasteiger partial charge in [-0.1, -0.05) is 15.9 Å². The standard InChI is InChI=1S/C8H13BrCl4O/c9-1-7(13)2-14-6-8(3-10,4-11)5-12/h7H,1-6H2. The molecule has 0 N–H and O–H groups in total. The van der Waals surface area contributed by atoms with Gasteiger partial charge < -0.3 is 4.74 Å². The minimum absolute atomic E-state index is 0.0336. The third-order valence-electron chi connectivity index (χ3n) is 1.72. The molecule has 0 fully saturated rings. The van der Waals surface area contributed by atoms with Crippen molar-refractivity contribution in [3.8, 4) is 0 Å². The molecule has 14 heavy (non-hydrogen) atoms. The Bertz CT molecular complexity index is 135. The van der Waals surface area contributed by atoms with E-state index in [0.717, 1.165) is 0 Å². The first kappa shape index (κ1) is 15.6.